The minimum absolute atomic E-state index is 0.158. The van der Waals surface area contributed by atoms with Crippen molar-refractivity contribution in [2.24, 2.45) is 0 Å². The molecule has 1 aromatic carbocycles. The number of benzene rings is 1. The Morgan fingerprint density at radius 3 is 2.60 bits per heavy atom. The summed E-state index contributed by atoms with van der Waals surface area (Å²) in [6, 6.07) is 4.79. The molecule has 1 saturated carbocycles. The minimum Gasteiger partial charge on any atom is -0.507 e. The number of alkyl halides is 3. The van der Waals surface area contributed by atoms with Crippen LogP contribution in [0.2, 0.25) is 0 Å². The molecule has 1 fully saturated rings. The smallest absolute Gasteiger partial charge is 0.507 e. The molecule has 7 nitrogen and oxygen atoms in total. The van der Waals surface area contributed by atoms with E-state index in [2.05, 4.69) is 25.2 Å². The number of anilines is 1. The van der Waals surface area contributed by atoms with Gasteiger partial charge in [0.25, 0.3) is 0 Å². The molecule has 0 unspecified atom stereocenters. The summed E-state index contributed by atoms with van der Waals surface area (Å²) in [6.07, 6.45) is 1.26. The van der Waals surface area contributed by atoms with Crippen LogP contribution in [0.1, 0.15) is 25.7 Å². The lowest BCUT2D eigenvalue weighted by Gasteiger charge is -2.29. The van der Waals surface area contributed by atoms with Gasteiger partial charge >= 0.3 is 6.36 Å². The molecule has 158 valence electrons. The molecule has 3 N–H and O–H groups in total. The largest absolute Gasteiger partial charge is 0.573 e. The Morgan fingerprint density at radius 1 is 1.07 bits per heavy atom. The average molecular weight is 420 g/mol. The molecular formula is C20H19F3N4O3. The molecule has 0 radical (unpaired) electrons. The molecule has 0 aliphatic heterocycles. The van der Waals surface area contributed by atoms with Crippen LogP contribution in [0.5, 0.6) is 11.5 Å². The van der Waals surface area contributed by atoms with Gasteiger partial charge < -0.3 is 20.3 Å². The van der Waals surface area contributed by atoms with E-state index in [1.54, 1.807) is 18.5 Å². The normalized spacial score (nSPS) is 19.6. The highest BCUT2D eigenvalue weighted by Crippen LogP contribution is 2.37. The van der Waals surface area contributed by atoms with Crippen molar-refractivity contribution in [1.82, 2.24) is 15.2 Å². The van der Waals surface area contributed by atoms with Crippen LogP contribution in [0.4, 0.5) is 19.0 Å². The zero-order chi connectivity index (χ0) is 21.3. The molecule has 1 aliphatic rings. The van der Waals surface area contributed by atoms with Crippen LogP contribution in [0.25, 0.3) is 22.0 Å². The lowest BCUT2D eigenvalue weighted by Crippen LogP contribution is -2.36. The third-order valence-corrected chi connectivity index (χ3v) is 5.09. The molecule has 0 saturated heterocycles. The molecule has 2 atom stereocenters. The van der Waals surface area contributed by atoms with E-state index in [-0.39, 0.29) is 11.6 Å². The maximum Gasteiger partial charge on any atom is 0.573 e. The van der Waals surface area contributed by atoms with Crippen molar-refractivity contribution in [3.05, 3.63) is 36.7 Å². The zero-order valence-corrected chi connectivity index (χ0v) is 15.7. The molecule has 0 spiro atoms. The third kappa shape index (κ3) is 4.23. The van der Waals surface area contributed by atoms with Gasteiger partial charge in [-0.2, -0.15) is 0 Å². The molecule has 1 aliphatic carbocycles. The number of aliphatic hydroxyl groups is 1. The number of pyridine rings is 1. The van der Waals surface area contributed by atoms with E-state index in [0.29, 0.717) is 28.7 Å². The van der Waals surface area contributed by atoms with E-state index in [1.165, 1.54) is 6.07 Å². The van der Waals surface area contributed by atoms with Crippen LogP contribution in [0.3, 0.4) is 0 Å². The van der Waals surface area contributed by atoms with Crippen molar-refractivity contribution < 1.29 is 28.1 Å². The summed E-state index contributed by atoms with van der Waals surface area (Å²) < 4.78 is 41.1. The topological polar surface area (TPSA) is 100 Å². The Bertz CT molecular complexity index is 1060. The molecule has 0 amide bonds. The maximum atomic E-state index is 12.4. The predicted molar refractivity (Wildman–Crippen MR) is 103 cm³/mol. The number of hydrogen-bond donors (Lipinski definition) is 3. The summed E-state index contributed by atoms with van der Waals surface area (Å²) in [5.41, 5.74) is 0.496. The summed E-state index contributed by atoms with van der Waals surface area (Å²) in [5.74, 6) is -0.510. The van der Waals surface area contributed by atoms with Gasteiger partial charge in [0.2, 0.25) is 0 Å². The number of aromatic nitrogens is 3. The quantitative estimate of drug-likeness (QED) is 0.586. The first-order valence-electron chi connectivity index (χ1n) is 9.46. The summed E-state index contributed by atoms with van der Waals surface area (Å²) in [7, 11) is 0. The van der Waals surface area contributed by atoms with Crippen LogP contribution in [0.15, 0.2) is 36.7 Å². The van der Waals surface area contributed by atoms with Crippen molar-refractivity contribution in [3.8, 4) is 22.8 Å². The number of hydrogen-bond acceptors (Lipinski definition) is 7. The highest BCUT2D eigenvalue weighted by molar-refractivity contribution is 6.00. The van der Waals surface area contributed by atoms with Crippen LogP contribution in [0, 0.1) is 0 Å². The second-order valence-electron chi connectivity index (χ2n) is 7.15. The van der Waals surface area contributed by atoms with Gasteiger partial charge in [-0.15, -0.1) is 23.4 Å². The van der Waals surface area contributed by atoms with Crippen molar-refractivity contribution >= 4 is 16.6 Å². The van der Waals surface area contributed by atoms with Gasteiger partial charge in [-0.1, -0.05) is 12.8 Å². The van der Waals surface area contributed by atoms with Gasteiger partial charge in [0, 0.05) is 34.8 Å². The third-order valence-electron chi connectivity index (χ3n) is 5.09. The molecular weight excluding hydrogens is 401 g/mol. The predicted octanol–water partition coefficient (Wildman–Crippen LogP) is 4.01. The first-order valence-corrected chi connectivity index (χ1v) is 9.46. The standard InChI is InChI=1S/C20H19F3N4O3/c21-20(22,23)30-11-5-6-13(17(29)9-11)18-12-7-8-24-10-14(12)19(27-26-18)25-15-3-1-2-4-16(15)28/h5-10,15-16,28-29H,1-4H2,(H,25,27)/t15-,16+/m1/s1. The van der Waals surface area contributed by atoms with E-state index in [9.17, 15) is 23.4 Å². The number of aliphatic hydroxyl groups excluding tert-OH is 1. The van der Waals surface area contributed by atoms with Gasteiger partial charge in [0.05, 0.1) is 12.1 Å². The SMILES string of the molecule is Oc1cc(OC(F)(F)F)ccc1-c1nnc(N[C@@H]2CCCC[C@@H]2O)c2cnccc12. The molecule has 0 bridgehead atoms. The molecule has 30 heavy (non-hydrogen) atoms. The number of nitrogens with zero attached hydrogens (tertiary/aromatic N) is 3. The van der Waals surface area contributed by atoms with Gasteiger partial charge in [-0.3, -0.25) is 4.98 Å². The van der Waals surface area contributed by atoms with E-state index < -0.39 is 24.0 Å². The zero-order valence-electron chi connectivity index (χ0n) is 15.7. The molecule has 10 heteroatoms. The fourth-order valence-electron chi connectivity index (χ4n) is 3.67. The van der Waals surface area contributed by atoms with E-state index >= 15 is 0 Å². The number of phenols is 1. The molecule has 2 aromatic heterocycles. The van der Waals surface area contributed by atoms with Crippen LogP contribution in [-0.2, 0) is 0 Å². The van der Waals surface area contributed by atoms with Gasteiger partial charge in [0.15, 0.2) is 5.82 Å². The molecule has 2 heterocycles. The van der Waals surface area contributed by atoms with Gasteiger partial charge in [0.1, 0.15) is 17.2 Å². The highest BCUT2D eigenvalue weighted by Gasteiger charge is 2.31. The first-order chi connectivity index (χ1) is 14.3. The van der Waals surface area contributed by atoms with Crippen LogP contribution < -0.4 is 10.1 Å². The Morgan fingerprint density at radius 2 is 1.87 bits per heavy atom. The summed E-state index contributed by atoms with van der Waals surface area (Å²) in [5, 5.41) is 33.4. The fraction of sp³-hybridized carbons (Fsp3) is 0.350. The summed E-state index contributed by atoms with van der Waals surface area (Å²) in [6.45, 7) is 0. The van der Waals surface area contributed by atoms with Crippen molar-refractivity contribution in [1.29, 1.82) is 0 Å². The van der Waals surface area contributed by atoms with Crippen molar-refractivity contribution in [2.75, 3.05) is 5.32 Å². The number of halogens is 3. The Kier molecular flexibility index (Phi) is 5.33. The Hall–Kier alpha value is -3.14. The van der Waals surface area contributed by atoms with E-state index in [1.807, 2.05) is 0 Å². The van der Waals surface area contributed by atoms with Crippen molar-refractivity contribution in [3.63, 3.8) is 0 Å². The van der Waals surface area contributed by atoms with Crippen LogP contribution >= 0.6 is 0 Å². The second kappa shape index (κ2) is 7.94. The Labute approximate surface area is 169 Å². The fourth-order valence-corrected chi connectivity index (χ4v) is 3.67. The molecule has 3 aromatic rings. The number of nitrogens with one attached hydrogen (secondary N) is 1. The molecule has 4 rings (SSSR count). The number of phenolic OH excluding ortho intramolecular Hbond substituents is 1. The lowest BCUT2D eigenvalue weighted by atomic mass is 9.92. The lowest BCUT2D eigenvalue weighted by molar-refractivity contribution is -0.274. The van der Waals surface area contributed by atoms with Crippen molar-refractivity contribution in [2.45, 2.75) is 44.2 Å². The van der Waals surface area contributed by atoms with E-state index in [4.69, 9.17) is 0 Å². The van der Waals surface area contributed by atoms with Gasteiger partial charge in [-0.25, -0.2) is 0 Å². The monoisotopic (exact) mass is 420 g/mol. The summed E-state index contributed by atoms with van der Waals surface area (Å²) in [4.78, 5) is 4.12. The minimum atomic E-state index is -4.86. The highest BCUT2D eigenvalue weighted by atomic mass is 19.4. The number of ether oxygens (including phenoxy) is 1. The van der Waals surface area contributed by atoms with E-state index in [0.717, 1.165) is 31.4 Å². The number of rotatable bonds is 4. The maximum absolute atomic E-state index is 12.4. The first kappa shape index (κ1) is 20.1. The number of fused-ring (bicyclic) bond motifs is 1. The van der Waals surface area contributed by atoms with Gasteiger partial charge in [-0.05, 0) is 31.0 Å². The Balaban J connectivity index is 1.71. The second-order valence-corrected chi connectivity index (χ2v) is 7.15. The number of aromatic hydroxyl groups is 1. The average Bonchev–Trinajstić information content (AvgIpc) is 2.69. The summed E-state index contributed by atoms with van der Waals surface area (Å²) >= 11 is 0. The van der Waals surface area contributed by atoms with Crippen LogP contribution in [-0.4, -0.2) is 43.9 Å².